The monoisotopic (exact) mass is 384 g/mol. The summed E-state index contributed by atoms with van der Waals surface area (Å²) in [4.78, 5) is 12.5. The summed E-state index contributed by atoms with van der Waals surface area (Å²) in [6, 6.07) is 12.0. The summed E-state index contributed by atoms with van der Waals surface area (Å²) in [5.41, 5.74) is 3.89. The first-order valence-corrected chi connectivity index (χ1v) is 9.57. The number of aryl methyl sites for hydroxylation is 1. The summed E-state index contributed by atoms with van der Waals surface area (Å²) >= 11 is 0. The van der Waals surface area contributed by atoms with Crippen molar-refractivity contribution in [1.82, 2.24) is 0 Å². The Bertz CT molecular complexity index is 860. The molecule has 1 saturated heterocycles. The van der Waals surface area contributed by atoms with Gasteiger partial charge >= 0.3 is 0 Å². The zero-order valence-electron chi connectivity index (χ0n) is 15.8. The standard InChI is InChI=1S/C22H24O6/c1-2-13-3-5-14(6-4-13)7-15-8-16(9-19-21(15)27-12-26-19)22-20(25)18(24)10-17(11-23)28-22/h3-6,8-9,17-18,22-24H,2,7,10-12H2,1H3/t17-,18-,22-/m0/s1. The highest BCUT2D eigenvalue weighted by Gasteiger charge is 2.38. The Balaban J connectivity index is 1.67. The van der Waals surface area contributed by atoms with Crippen molar-refractivity contribution in [2.75, 3.05) is 13.4 Å². The van der Waals surface area contributed by atoms with E-state index in [9.17, 15) is 15.0 Å². The highest BCUT2D eigenvalue weighted by Crippen LogP contribution is 2.41. The number of ether oxygens (including phenoxy) is 3. The van der Waals surface area contributed by atoms with Crippen LogP contribution in [0.5, 0.6) is 11.5 Å². The average Bonchev–Trinajstić information content (AvgIpc) is 3.19. The fraction of sp³-hybridized carbons (Fsp3) is 0.409. The van der Waals surface area contributed by atoms with Crippen molar-refractivity contribution in [3.8, 4) is 11.5 Å². The summed E-state index contributed by atoms with van der Waals surface area (Å²) in [6.07, 6.45) is -0.947. The highest BCUT2D eigenvalue weighted by molar-refractivity contribution is 5.89. The maximum absolute atomic E-state index is 12.5. The maximum atomic E-state index is 12.5. The second-order valence-electron chi connectivity index (χ2n) is 7.24. The van der Waals surface area contributed by atoms with E-state index >= 15 is 0 Å². The molecule has 2 N–H and O–H groups in total. The minimum Gasteiger partial charge on any atom is -0.454 e. The number of ketones is 1. The second kappa shape index (κ2) is 7.91. The molecule has 0 saturated carbocycles. The SMILES string of the molecule is CCc1ccc(Cc2cc([C@@H]3O[C@H](CO)C[C@H](O)C3=O)cc3c2OCO3)cc1. The van der Waals surface area contributed by atoms with Gasteiger partial charge in [0.05, 0.1) is 12.7 Å². The first kappa shape index (κ1) is 18.9. The van der Waals surface area contributed by atoms with Gasteiger partial charge in [0.15, 0.2) is 17.3 Å². The van der Waals surface area contributed by atoms with E-state index in [2.05, 4.69) is 31.2 Å². The van der Waals surface area contributed by atoms with Crippen molar-refractivity contribution in [2.45, 2.75) is 44.5 Å². The fourth-order valence-corrected chi connectivity index (χ4v) is 3.72. The van der Waals surface area contributed by atoms with Crippen LogP contribution in [-0.2, 0) is 22.4 Å². The molecule has 6 heteroatoms. The van der Waals surface area contributed by atoms with Crippen molar-refractivity contribution in [1.29, 1.82) is 0 Å². The van der Waals surface area contributed by atoms with Crippen LogP contribution in [0.4, 0.5) is 0 Å². The summed E-state index contributed by atoms with van der Waals surface area (Å²) < 4.78 is 16.9. The molecule has 0 bridgehead atoms. The lowest BCUT2D eigenvalue weighted by molar-refractivity contribution is -0.161. The normalized spacial score (nSPS) is 23.8. The van der Waals surface area contributed by atoms with Gasteiger partial charge in [-0.3, -0.25) is 4.79 Å². The molecule has 2 aliphatic rings. The van der Waals surface area contributed by atoms with Gasteiger partial charge < -0.3 is 24.4 Å². The van der Waals surface area contributed by atoms with Crippen LogP contribution in [0.25, 0.3) is 0 Å². The van der Waals surface area contributed by atoms with Crippen LogP contribution in [0.3, 0.4) is 0 Å². The first-order chi connectivity index (χ1) is 13.6. The Morgan fingerprint density at radius 3 is 2.57 bits per heavy atom. The van der Waals surface area contributed by atoms with Gasteiger partial charge in [-0.1, -0.05) is 31.2 Å². The molecule has 0 radical (unpaired) electrons. The van der Waals surface area contributed by atoms with Gasteiger partial charge in [-0.05, 0) is 35.2 Å². The maximum Gasteiger partial charge on any atom is 0.231 e. The summed E-state index contributed by atoms with van der Waals surface area (Å²) in [7, 11) is 0. The number of rotatable bonds is 5. The third-order valence-corrected chi connectivity index (χ3v) is 5.31. The van der Waals surface area contributed by atoms with Crippen molar-refractivity contribution in [3.63, 3.8) is 0 Å². The Morgan fingerprint density at radius 2 is 1.86 bits per heavy atom. The van der Waals surface area contributed by atoms with Gasteiger partial charge in [0, 0.05) is 18.4 Å². The lowest BCUT2D eigenvalue weighted by Gasteiger charge is -2.31. The molecule has 0 aromatic heterocycles. The number of fused-ring (bicyclic) bond motifs is 1. The molecule has 148 valence electrons. The molecule has 6 nitrogen and oxygen atoms in total. The van der Waals surface area contributed by atoms with Crippen molar-refractivity contribution >= 4 is 5.78 Å². The van der Waals surface area contributed by atoms with Crippen molar-refractivity contribution in [2.24, 2.45) is 0 Å². The lowest BCUT2D eigenvalue weighted by atomic mass is 9.92. The smallest absolute Gasteiger partial charge is 0.231 e. The largest absolute Gasteiger partial charge is 0.454 e. The van der Waals surface area contributed by atoms with Gasteiger partial charge in [0.2, 0.25) is 6.79 Å². The number of Topliss-reactive ketones (excluding diaryl/α,β-unsaturated/α-hetero) is 1. The number of hydrogen-bond donors (Lipinski definition) is 2. The lowest BCUT2D eigenvalue weighted by Crippen LogP contribution is -2.41. The first-order valence-electron chi connectivity index (χ1n) is 9.57. The molecular weight excluding hydrogens is 360 g/mol. The van der Waals surface area contributed by atoms with E-state index in [0.29, 0.717) is 23.5 Å². The molecule has 2 heterocycles. The van der Waals surface area contributed by atoms with Crippen LogP contribution in [0, 0.1) is 0 Å². The summed E-state index contributed by atoms with van der Waals surface area (Å²) in [5, 5.41) is 19.5. The van der Waals surface area contributed by atoms with Crippen molar-refractivity contribution in [3.05, 3.63) is 58.7 Å². The number of aliphatic hydroxyl groups is 2. The molecule has 0 spiro atoms. The Kier molecular flexibility index (Phi) is 5.35. The van der Waals surface area contributed by atoms with Crippen molar-refractivity contribution < 1.29 is 29.2 Å². The molecule has 0 amide bonds. The van der Waals surface area contributed by atoms with Crippen LogP contribution in [0.1, 0.15) is 41.7 Å². The molecule has 1 fully saturated rings. The number of carbonyl (C=O) groups is 1. The van der Waals surface area contributed by atoms with Gasteiger partial charge in [0.1, 0.15) is 12.2 Å². The van der Waals surface area contributed by atoms with E-state index in [4.69, 9.17) is 14.2 Å². The predicted octanol–water partition coefficient (Wildman–Crippen LogP) is 2.32. The van der Waals surface area contributed by atoms with Gasteiger partial charge in [-0.25, -0.2) is 0 Å². The molecule has 2 aromatic carbocycles. The number of hydrogen-bond acceptors (Lipinski definition) is 6. The Hall–Kier alpha value is -2.41. The quantitative estimate of drug-likeness (QED) is 0.823. The molecule has 2 aromatic rings. The van der Waals surface area contributed by atoms with Crippen LogP contribution in [0.15, 0.2) is 36.4 Å². The zero-order valence-corrected chi connectivity index (χ0v) is 15.8. The third kappa shape index (κ3) is 3.63. The topological polar surface area (TPSA) is 85.2 Å². The summed E-state index contributed by atoms with van der Waals surface area (Å²) in [6.45, 7) is 2.00. The predicted molar refractivity (Wildman–Crippen MR) is 102 cm³/mol. The Morgan fingerprint density at radius 1 is 1.11 bits per heavy atom. The van der Waals surface area contributed by atoms with E-state index in [1.807, 2.05) is 6.07 Å². The molecule has 4 rings (SSSR count). The second-order valence-corrected chi connectivity index (χ2v) is 7.24. The van der Waals surface area contributed by atoms with E-state index < -0.39 is 24.1 Å². The minimum absolute atomic E-state index is 0.104. The number of benzene rings is 2. The average molecular weight is 384 g/mol. The molecule has 0 aliphatic carbocycles. The van der Waals surface area contributed by atoms with E-state index in [-0.39, 0.29) is 19.8 Å². The van der Waals surface area contributed by atoms with Gasteiger partial charge in [-0.15, -0.1) is 0 Å². The van der Waals surface area contributed by atoms with E-state index in [1.54, 1.807) is 6.07 Å². The molecule has 2 aliphatic heterocycles. The molecule has 28 heavy (non-hydrogen) atoms. The van der Waals surface area contributed by atoms with Crippen LogP contribution in [0.2, 0.25) is 0 Å². The molecule has 3 atom stereocenters. The van der Waals surface area contributed by atoms with Crippen LogP contribution >= 0.6 is 0 Å². The van der Waals surface area contributed by atoms with Crippen LogP contribution in [-0.4, -0.2) is 41.6 Å². The fourth-order valence-electron chi connectivity index (χ4n) is 3.72. The van der Waals surface area contributed by atoms with E-state index in [1.165, 1.54) is 5.56 Å². The Labute approximate surface area is 163 Å². The highest BCUT2D eigenvalue weighted by atomic mass is 16.7. The number of carbonyl (C=O) groups excluding carboxylic acids is 1. The summed E-state index contributed by atoms with van der Waals surface area (Å²) in [5.74, 6) is 0.835. The molecular formula is C22H24O6. The zero-order chi connectivity index (χ0) is 19.7. The van der Waals surface area contributed by atoms with Gasteiger partial charge in [0.25, 0.3) is 0 Å². The van der Waals surface area contributed by atoms with Gasteiger partial charge in [-0.2, -0.15) is 0 Å². The van der Waals surface area contributed by atoms with E-state index in [0.717, 1.165) is 17.5 Å². The minimum atomic E-state index is -1.15. The molecule has 0 unspecified atom stereocenters. The third-order valence-electron chi connectivity index (χ3n) is 5.31. The number of aliphatic hydroxyl groups excluding tert-OH is 2. The van der Waals surface area contributed by atoms with Crippen LogP contribution < -0.4 is 9.47 Å².